The SMILES string of the molecule is NCc1ccc(O[PH](=O)c2ccc(CN)cc2)cc1. The third kappa shape index (κ3) is 3.67. The van der Waals surface area contributed by atoms with Gasteiger partial charge in [-0.1, -0.05) is 24.3 Å². The predicted molar refractivity (Wildman–Crippen MR) is 77.9 cm³/mol. The lowest BCUT2D eigenvalue weighted by molar-refractivity contribution is 0.514. The molecule has 0 radical (unpaired) electrons. The monoisotopic (exact) mass is 276 g/mol. The summed E-state index contributed by atoms with van der Waals surface area (Å²) in [6.45, 7) is 0.957. The van der Waals surface area contributed by atoms with E-state index in [2.05, 4.69) is 0 Å². The van der Waals surface area contributed by atoms with E-state index >= 15 is 0 Å². The van der Waals surface area contributed by atoms with Gasteiger partial charge in [0.25, 0.3) is 8.03 Å². The molecule has 0 spiro atoms. The molecule has 0 aliphatic rings. The van der Waals surface area contributed by atoms with E-state index < -0.39 is 8.03 Å². The molecule has 1 unspecified atom stereocenters. The van der Waals surface area contributed by atoms with Crippen LogP contribution in [0.25, 0.3) is 0 Å². The fourth-order valence-corrected chi connectivity index (χ4v) is 2.54. The highest BCUT2D eigenvalue weighted by Gasteiger charge is 2.05. The maximum absolute atomic E-state index is 12.1. The number of benzene rings is 2. The summed E-state index contributed by atoms with van der Waals surface area (Å²) in [5.41, 5.74) is 13.0. The van der Waals surface area contributed by atoms with Gasteiger partial charge in [-0.3, -0.25) is 4.57 Å². The molecule has 2 aromatic carbocycles. The molecular weight excluding hydrogens is 259 g/mol. The van der Waals surface area contributed by atoms with Gasteiger partial charge in [-0.25, -0.2) is 0 Å². The molecule has 100 valence electrons. The molecule has 0 saturated carbocycles. The van der Waals surface area contributed by atoms with E-state index in [4.69, 9.17) is 16.0 Å². The molecule has 0 fully saturated rings. The van der Waals surface area contributed by atoms with Crippen LogP contribution in [0.3, 0.4) is 0 Å². The minimum absolute atomic E-state index is 0.475. The summed E-state index contributed by atoms with van der Waals surface area (Å²) < 4.78 is 17.5. The molecule has 0 bridgehead atoms. The maximum atomic E-state index is 12.1. The molecule has 2 rings (SSSR count). The molecule has 5 heteroatoms. The summed E-state index contributed by atoms with van der Waals surface area (Å²) in [5, 5.41) is 0.685. The highest BCUT2D eigenvalue weighted by atomic mass is 31.1. The van der Waals surface area contributed by atoms with Crippen LogP contribution < -0.4 is 21.3 Å². The van der Waals surface area contributed by atoms with Crippen molar-refractivity contribution in [2.75, 3.05) is 0 Å². The van der Waals surface area contributed by atoms with Crippen LogP contribution in [0.15, 0.2) is 48.5 Å². The first-order chi connectivity index (χ1) is 9.22. The van der Waals surface area contributed by atoms with Crippen LogP contribution in [0.4, 0.5) is 0 Å². The minimum atomic E-state index is -2.29. The largest absolute Gasteiger partial charge is 0.442 e. The molecule has 4 N–H and O–H groups in total. The van der Waals surface area contributed by atoms with Crippen LogP contribution in [0.5, 0.6) is 5.75 Å². The first-order valence-corrected chi connectivity index (χ1v) is 7.35. The average Bonchev–Trinajstić information content (AvgIpc) is 2.48. The van der Waals surface area contributed by atoms with Crippen molar-refractivity contribution in [2.45, 2.75) is 13.1 Å². The quantitative estimate of drug-likeness (QED) is 0.816. The molecule has 0 amide bonds. The molecule has 1 atom stereocenters. The smallest absolute Gasteiger partial charge is 0.265 e. The van der Waals surface area contributed by atoms with Gasteiger partial charge in [0, 0.05) is 18.4 Å². The zero-order valence-corrected chi connectivity index (χ0v) is 11.5. The molecule has 0 saturated heterocycles. The van der Waals surface area contributed by atoms with E-state index in [0.717, 1.165) is 11.1 Å². The van der Waals surface area contributed by atoms with Gasteiger partial charge in [0.05, 0.1) is 0 Å². The van der Waals surface area contributed by atoms with Crippen molar-refractivity contribution in [1.82, 2.24) is 0 Å². The van der Waals surface area contributed by atoms with E-state index in [0.29, 0.717) is 24.1 Å². The van der Waals surface area contributed by atoms with Crippen molar-refractivity contribution in [2.24, 2.45) is 11.5 Å². The molecule has 0 heterocycles. The normalized spacial score (nSPS) is 12.1. The van der Waals surface area contributed by atoms with Gasteiger partial charge >= 0.3 is 0 Å². The van der Waals surface area contributed by atoms with Crippen molar-refractivity contribution in [3.63, 3.8) is 0 Å². The second-order valence-electron chi connectivity index (χ2n) is 4.14. The zero-order chi connectivity index (χ0) is 13.7. The molecule has 0 aromatic heterocycles. The second kappa shape index (κ2) is 6.53. The Bertz CT molecular complexity index is 553. The Balaban J connectivity index is 2.06. The van der Waals surface area contributed by atoms with E-state index in [1.54, 1.807) is 24.3 Å². The summed E-state index contributed by atoms with van der Waals surface area (Å²) in [6.07, 6.45) is 0. The van der Waals surface area contributed by atoms with Crippen molar-refractivity contribution >= 4 is 13.3 Å². The summed E-state index contributed by atoms with van der Waals surface area (Å²) in [4.78, 5) is 0. The summed E-state index contributed by atoms with van der Waals surface area (Å²) in [6, 6.07) is 14.6. The van der Waals surface area contributed by atoms with Crippen molar-refractivity contribution in [3.8, 4) is 5.75 Å². The highest BCUT2D eigenvalue weighted by Crippen LogP contribution is 2.26. The summed E-state index contributed by atoms with van der Waals surface area (Å²) >= 11 is 0. The van der Waals surface area contributed by atoms with E-state index in [9.17, 15) is 4.57 Å². The van der Waals surface area contributed by atoms with Crippen LogP contribution in [0.1, 0.15) is 11.1 Å². The van der Waals surface area contributed by atoms with Crippen molar-refractivity contribution in [1.29, 1.82) is 0 Å². The minimum Gasteiger partial charge on any atom is -0.442 e. The van der Waals surface area contributed by atoms with Gasteiger partial charge in [-0.15, -0.1) is 0 Å². The van der Waals surface area contributed by atoms with E-state index in [1.165, 1.54) is 0 Å². The summed E-state index contributed by atoms with van der Waals surface area (Å²) in [5.74, 6) is 0.587. The topological polar surface area (TPSA) is 78.3 Å². The Labute approximate surface area is 113 Å². The van der Waals surface area contributed by atoms with Gasteiger partial charge < -0.3 is 16.0 Å². The molecule has 0 aliphatic heterocycles. The highest BCUT2D eigenvalue weighted by molar-refractivity contribution is 7.48. The number of rotatable bonds is 5. The molecule has 19 heavy (non-hydrogen) atoms. The van der Waals surface area contributed by atoms with Gasteiger partial charge in [-0.2, -0.15) is 0 Å². The molecular formula is C14H17N2O2P. The molecule has 2 aromatic rings. The Hall–Kier alpha value is -1.61. The first kappa shape index (κ1) is 13.8. The lowest BCUT2D eigenvalue weighted by atomic mass is 10.2. The Morgan fingerprint density at radius 3 is 1.79 bits per heavy atom. The van der Waals surface area contributed by atoms with Crippen LogP contribution in [0.2, 0.25) is 0 Å². The Morgan fingerprint density at radius 1 is 0.842 bits per heavy atom. The number of hydrogen-bond donors (Lipinski definition) is 2. The van der Waals surface area contributed by atoms with Gasteiger partial charge in [-0.05, 0) is 35.4 Å². The Kier molecular flexibility index (Phi) is 4.74. The van der Waals surface area contributed by atoms with Crippen LogP contribution in [-0.4, -0.2) is 0 Å². The molecule has 0 aliphatic carbocycles. The number of nitrogens with two attached hydrogens (primary N) is 2. The van der Waals surface area contributed by atoms with Crippen LogP contribution in [0, 0.1) is 0 Å². The first-order valence-electron chi connectivity index (χ1n) is 6.03. The third-order valence-corrected chi connectivity index (χ3v) is 4.02. The average molecular weight is 276 g/mol. The van der Waals surface area contributed by atoms with Crippen molar-refractivity contribution in [3.05, 3.63) is 59.7 Å². The standard InChI is InChI=1S/C14H17N2O2P/c15-9-11-1-5-13(6-2-11)18-19(17)14-7-3-12(10-16)4-8-14/h1-8,19H,9-10,15-16H2. The second-order valence-corrected chi connectivity index (χ2v) is 5.50. The maximum Gasteiger partial charge on any atom is 0.265 e. The van der Waals surface area contributed by atoms with Gasteiger partial charge in [0.1, 0.15) is 5.75 Å². The van der Waals surface area contributed by atoms with Gasteiger partial charge in [0.15, 0.2) is 0 Å². The lowest BCUT2D eigenvalue weighted by Crippen LogP contribution is -2.02. The fraction of sp³-hybridized carbons (Fsp3) is 0.143. The zero-order valence-electron chi connectivity index (χ0n) is 10.5. The number of hydrogen-bond acceptors (Lipinski definition) is 4. The fourth-order valence-electron chi connectivity index (χ4n) is 1.64. The van der Waals surface area contributed by atoms with E-state index in [1.807, 2.05) is 24.3 Å². The van der Waals surface area contributed by atoms with Gasteiger partial charge in [0.2, 0.25) is 0 Å². The predicted octanol–water partition coefficient (Wildman–Crippen LogP) is 1.78. The summed E-state index contributed by atoms with van der Waals surface area (Å²) in [7, 11) is -2.29. The van der Waals surface area contributed by atoms with Crippen molar-refractivity contribution < 1.29 is 9.09 Å². The molecule has 4 nitrogen and oxygen atoms in total. The Morgan fingerprint density at radius 2 is 1.32 bits per heavy atom. The lowest BCUT2D eigenvalue weighted by Gasteiger charge is -2.07. The third-order valence-electron chi connectivity index (χ3n) is 2.79. The van der Waals surface area contributed by atoms with E-state index in [-0.39, 0.29) is 0 Å². The van der Waals surface area contributed by atoms with Crippen LogP contribution in [-0.2, 0) is 17.7 Å². The van der Waals surface area contributed by atoms with Crippen LogP contribution >= 0.6 is 8.03 Å².